The smallest absolute Gasteiger partial charge is 0.253 e. The summed E-state index contributed by atoms with van der Waals surface area (Å²) in [6.45, 7) is 0. The second kappa shape index (κ2) is 4.58. The summed E-state index contributed by atoms with van der Waals surface area (Å²) in [7, 11) is 1.55. The minimum absolute atomic E-state index is 0.146. The average Bonchev–Trinajstić information content (AvgIpc) is 2.17. The summed E-state index contributed by atoms with van der Waals surface area (Å²) < 4.78 is 0. The maximum absolute atomic E-state index is 11.4. The van der Waals surface area contributed by atoms with E-state index in [4.69, 9.17) is 11.6 Å². The highest BCUT2D eigenvalue weighted by Gasteiger charge is 2.27. The van der Waals surface area contributed by atoms with E-state index in [2.05, 4.69) is 0 Å². The molecule has 1 rings (SSSR count). The van der Waals surface area contributed by atoms with Crippen molar-refractivity contribution in [2.75, 3.05) is 7.05 Å². The van der Waals surface area contributed by atoms with Gasteiger partial charge in [0.1, 0.15) is 0 Å². The first-order chi connectivity index (χ1) is 6.13. The summed E-state index contributed by atoms with van der Waals surface area (Å²) in [5.74, 6) is 5.54. The molecule has 0 aliphatic heterocycles. The second-order valence-corrected chi connectivity index (χ2v) is 3.87. The fourth-order valence-corrected chi connectivity index (χ4v) is 1.93. The zero-order valence-electron chi connectivity index (χ0n) is 8.20. The van der Waals surface area contributed by atoms with Crippen LogP contribution in [0.25, 0.3) is 0 Å². The first-order valence-electron chi connectivity index (χ1n) is 4.90. The molecule has 4 heteroatoms. The summed E-state index contributed by atoms with van der Waals surface area (Å²) in [6, 6.07) is -0.393. The number of nitrogens with zero attached hydrogens (tertiary/aromatic N) is 1. The third kappa shape index (κ3) is 2.67. The van der Waals surface area contributed by atoms with Crippen molar-refractivity contribution >= 4 is 5.91 Å². The lowest BCUT2D eigenvalue weighted by atomic mass is 9.84. The highest BCUT2D eigenvalue weighted by atomic mass is 16.2. The predicted octanol–water partition coefficient (Wildman–Crippen LogP) is 0.226. The van der Waals surface area contributed by atoms with Crippen molar-refractivity contribution in [3.05, 3.63) is 0 Å². The highest BCUT2D eigenvalue weighted by Crippen LogP contribution is 2.25. The van der Waals surface area contributed by atoms with E-state index in [9.17, 15) is 4.79 Å². The van der Waals surface area contributed by atoms with Gasteiger partial charge in [-0.2, -0.15) is 0 Å². The number of hydrazine groups is 1. The second-order valence-electron chi connectivity index (χ2n) is 3.87. The summed E-state index contributed by atoms with van der Waals surface area (Å²) in [5, 5.41) is 1.10. The Labute approximate surface area is 79.2 Å². The molecule has 4 N–H and O–H groups in total. The SMILES string of the molecule is CN(N)C(=O)C(N)C1CCCCC1. The van der Waals surface area contributed by atoms with Gasteiger partial charge < -0.3 is 5.73 Å². The molecule has 1 aliphatic rings. The van der Waals surface area contributed by atoms with E-state index in [1.54, 1.807) is 7.05 Å². The molecule has 0 saturated heterocycles. The molecule has 0 radical (unpaired) electrons. The van der Waals surface area contributed by atoms with Gasteiger partial charge in [-0.15, -0.1) is 0 Å². The van der Waals surface area contributed by atoms with Gasteiger partial charge in [-0.05, 0) is 18.8 Å². The summed E-state index contributed by atoms with van der Waals surface area (Å²) >= 11 is 0. The van der Waals surface area contributed by atoms with Crippen LogP contribution in [-0.4, -0.2) is 24.0 Å². The fourth-order valence-electron chi connectivity index (χ4n) is 1.93. The third-order valence-corrected chi connectivity index (χ3v) is 2.79. The van der Waals surface area contributed by atoms with Crippen LogP contribution in [0.5, 0.6) is 0 Å². The van der Waals surface area contributed by atoms with E-state index in [1.807, 2.05) is 0 Å². The Morgan fingerprint density at radius 2 is 1.92 bits per heavy atom. The van der Waals surface area contributed by atoms with Crippen LogP contribution in [0.3, 0.4) is 0 Å². The number of likely N-dealkylation sites (N-methyl/N-ethyl adjacent to an activating group) is 1. The maximum Gasteiger partial charge on any atom is 0.253 e. The number of rotatable bonds is 2. The third-order valence-electron chi connectivity index (χ3n) is 2.79. The van der Waals surface area contributed by atoms with E-state index in [-0.39, 0.29) is 5.91 Å². The van der Waals surface area contributed by atoms with Crippen LogP contribution < -0.4 is 11.6 Å². The van der Waals surface area contributed by atoms with Crippen LogP contribution in [0.2, 0.25) is 0 Å². The van der Waals surface area contributed by atoms with Gasteiger partial charge in [-0.1, -0.05) is 19.3 Å². The lowest BCUT2D eigenvalue weighted by Gasteiger charge is -2.28. The van der Waals surface area contributed by atoms with Gasteiger partial charge in [0, 0.05) is 7.05 Å². The number of hydrogen-bond acceptors (Lipinski definition) is 3. The topological polar surface area (TPSA) is 72.3 Å². The molecule has 0 aromatic rings. The highest BCUT2D eigenvalue weighted by molar-refractivity contribution is 5.81. The lowest BCUT2D eigenvalue weighted by molar-refractivity contribution is -0.133. The molecule has 1 unspecified atom stereocenters. The number of nitrogens with two attached hydrogens (primary N) is 2. The van der Waals surface area contributed by atoms with Crippen molar-refractivity contribution in [1.29, 1.82) is 0 Å². The van der Waals surface area contributed by atoms with Crippen LogP contribution in [-0.2, 0) is 4.79 Å². The molecule has 0 aromatic heterocycles. The number of carbonyl (C=O) groups is 1. The summed E-state index contributed by atoms with van der Waals surface area (Å²) in [6.07, 6.45) is 5.80. The van der Waals surface area contributed by atoms with Crippen LogP contribution in [0.1, 0.15) is 32.1 Å². The Balaban J connectivity index is 2.45. The van der Waals surface area contributed by atoms with E-state index in [0.29, 0.717) is 5.92 Å². The lowest BCUT2D eigenvalue weighted by Crippen LogP contribution is -2.49. The van der Waals surface area contributed by atoms with Crippen LogP contribution in [0, 0.1) is 5.92 Å². The van der Waals surface area contributed by atoms with Crippen molar-refractivity contribution in [2.24, 2.45) is 17.5 Å². The minimum Gasteiger partial charge on any atom is -0.320 e. The molecule has 1 aliphatic carbocycles. The van der Waals surface area contributed by atoms with E-state index >= 15 is 0 Å². The molecular formula is C9H19N3O. The average molecular weight is 185 g/mol. The van der Waals surface area contributed by atoms with Gasteiger partial charge in [0.05, 0.1) is 6.04 Å². The van der Waals surface area contributed by atoms with Gasteiger partial charge in [-0.25, -0.2) is 5.84 Å². The van der Waals surface area contributed by atoms with Gasteiger partial charge in [0.15, 0.2) is 0 Å². The molecule has 76 valence electrons. The molecule has 13 heavy (non-hydrogen) atoms. The maximum atomic E-state index is 11.4. The Morgan fingerprint density at radius 1 is 1.38 bits per heavy atom. The van der Waals surface area contributed by atoms with Gasteiger partial charge in [0.25, 0.3) is 5.91 Å². The Morgan fingerprint density at radius 3 is 2.38 bits per heavy atom. The number of amides is 1. The van der Waals surface area contributed by atoms with Gasteiger partial charge >= 0.3 is 0 Å². The molecule has 1 saturated carbocycles. The molecule has 0 aromatic carbocycles. The molecule has 1 atom stereocenters. The van der Waals surface area contributed by atoms with E-state index in [0.717, 1.165) is 17.9 Å². The zero-order valence-corrected chi connectivity index (χ0v) is 8.20. The standard InChI is InChI=1S/C9H19N3O/c1-12(11)9(13)8(10)7-5-3-2-4-6-7/h7-8H,2-6,10-11H2,1H3. The fraction of sp³-hybridized carbons (Fsp3) is 0.889. The molecule has 0 spiro atoms. The van der Waals surface area contributed by atoms with Crippen molar-refractivity contribution in [1.82, 2.24) is 5.01 Å². The molecule has 0 bridgehead atoms. The summed E-state index contributed by atoms with van der Waals surface area (Å²) in [5.41, 5.74) is 5.82. The van der Waals surface area contributed by atoms with Crippen molar-refractivity contribution in [3.63, 3.8) is 0 Å². The van der Waals surface area contributed by atoms with Gasteiger partial charge in [0.2, 0.25) is 0 Å². The Kier molecular flexibility index (Phi) is 3.69. The van der Waals surface area contributed by atoms with E-state index in [1.165, 1.54) is 19.3 Å². The molecule has 1 amide bonds. The molecule has 1 fully saturated rings. The first-order valence-corrected chi connectivity index (χ1v) is 4.90. The van der Waals surface area contributed by atoms with Crippen molar-refractivity contribution in [2.45, 2.75) is 38.1 Å². The van der Waals surface area contributed by atoms with Crippen LogP contribution in [0.15, 0.2) is 0 Å². The Hall–Kier alpha value is -0.610. The van der Waals surface area contributed by atoms with Crippen LogP contribution in [0.4, 0.5) is 0 Å². The first kappa shape index (κ1) is 10.5. The predicted molar refractivity (Wildman–Crippen MR) is 51.5 cm³/mol. The monoisotopic (exact) mass is 185 g/mol. The van der Waals surface area contributed by atoms with Crippen molar-refractivity contribution < 1.29 is 4.79 Å². The molecular weight excluding hydrogens is 166 g/mol. The Bertz CT molecular complexity index is 176. The quantitative estimate of drug-likeness (QED) is 0.367. The largest absolute Gasteiger partial charge is 0.320 e. The summed E-state index contributed by atoms with van der Waals surface area (Å²) in [4.78, 5) is 11.4. The van der Waals surface area contributed by atoms with E-state index < -0.39 is 6.04 Å². The number of hydrogen-bond donors (Lipinski definition) is 2. The normalized spacial score (nSPS) is 21.2. The van der Waals surface area contributed by atoms with Crippen molar-refractivity contribution in [3.8, 4) is 0 Å². The minimum atomic E-state index is -0.393. The number of carbonyl (C=O) groups excluding carboxylic acids is 1. The van der Waals surface area contributed by atoms with Gasteiger partial charge in [-0.3, -0.25) is 9.80 Å². The zero-order chi connectivity index (χ0) is 9.84. The van der Waals surface area contributed by atoms with Crippen LogP contribution >= 0.6 is 0 Å². The molecule has 4 nitrogen and oxygen atoms in total. The molecule has 0 heterocycles.